The fourth-order valence-corrected chi connectivity index (χ4v) is 3.17. The van der Waals surface area contributed by atoms with E-state index in [2.05, 4.69) is 34.5 Å². The maximum Gasteiger partial charge on any atom is 0.317 e. The molecule has 25 heavy (non-hydrogen) atoms. The van der Waals surface area contributed by atoms with Crippen LogP contribution in [-0.2, 0) is 13.1 Å². The second kappa shape index (κ2) is 8.26. The van der Waals surface area contributed by atoms with Crippen LogP contribution in [0.15, 0.2) is 48.5 Å². The SMILES string of the molecule is CN(Cc1ccc(Cl)cc1)C(=O)NCc1ccc(N2CCCC2)cc1. The van der Waals surface area contributed by atoms with Gasteiger partial charge in [-0.25, -0.2) is 4.79 Å². The quantitative estimate of drug-likeness (QED) is 0.866. The molecule has 4 nitrogen and oxygen atoms in total. The maximum absolute atomic E-state index is 12.2. The minimum Gasteiger partial charge on any atom is -0.372 e. The lowest BCUT2D eigenvalue weighted by molar-refractivity contribution is 0.206. The second-order valence-electron chi connectivity index (χ2n) is 6.50. The van der Waals surface area contributed by atoms with E-state index >= 15 is 0 Å². The van der Waals surface area contributed by atoms with E-state index in [0.717, 1.165) is 24.2 Å². The third-order valence-corrected chi connectivity index (χ3v) is 4.78. The van der Waals surface area contributed by atoms with Crippen molar-refractivity contribution in [2.24, 2.45) is 0 Å². The van der Waals surface area contributed by atoms with E-state index in [9.17, 15) is 4.79 Å². The third kappa shape index (κ3) is 4.89. The van der Waals surface area contributed by atoms with Gasteiger partial charge in [0.05, 0.1) is 0 Å². The van der Waals surface area contributed by atoms with Gasteiger partial charge in [0, 0.05) is 43.9 Å². The third-order valence-electron chi connectivity index (χ3n) is 4.53. The van der Waals surface area contributed by atoms with Crippen molar-refractivity contribution in [2.45, 2.75) is 25.9 Å². The first-order chi connectivity index (χ1) is 12.1. The summed E-state index contributed by atoms with van der Waals surface area (Å²) in [5.41, 5.74) is 3.43. The zero-order valence-corrected chi connectivity index (χ0v) is 15.3. The molecule has 1 fully saturated rings. The van der Waals surface area contributed by atoms with Gasteiger partial charge in [0.15, 0.2) is 0 Å². The Morgan fingerprint density at radius 2 is 1.64 bits per heavy atom. The van der Waals surface area contributed by atoms with Gasteiger partial charge in [0.25, 0.3) is 0 Å². The molecule has 0 saturated carbocycles. The Morgan fingerprint density at radius 3 is 2.28 bits per heavy atom. The van der Waals surface area contributed by atoms with Crippen molar-refractivity contribution >= 4 is 23.3 Å². The Kier molecular flexibility index (Phi) is 5.82. The number of anilines is 1. The molecule has 0 unspecified atom stereocenters. The second-order valence-corrected chi connectivity index (χ2v) is 6.94. The van der Waals surface area contributed by atoms with Crippen LogP contribution >= 0.6 is 11.6 Å². The number of hydrogen-bond donors (Lipinski definition) is 1. The van der Waals surface area contributed by atoms with E-state index in [4.69, 9.17) is 11.6 Å². The largest absolute Gasteiger partial charge is 0.372 e. The number of benzene rings is 2. The van der Waals surface area contributed by atoms with Crippen molar-refractivity contribution in [1.82, 2.24) is 10.2 Å². The highest BCUT2D eigenvalue weighted by Gasteiger charge is 2.12. The average molecular weight is 358 g/mol. The van der Waals surface area contributed by atoms with E-state index in [-0.39, 0.29) is 6.03 Å². The van der Waals surface area contributed by atoms with Crippen LogP contribution < -0.4 is 10.2 Å². The molecule has 0 spiro atoms. The topological polar surface area (TPSA) is 35.6 Å². The van der Waals surface area contributed by atoms with Crippen LogP contribution in [0, 0.1) is 0 Å². The number of amides is 2. The molecule has 0 bridgehead atoms. The maximum atomic E-state index is 12.2. The number of halogens is 1. The van der Waals surface area contributed by atoms with Crippen molar-refractivity contribution < 1.29 is 4.79 Å². The summed E-state index contributed by atoms with van der Waals surface area (Å²) in [6, 6.07) is 15.9. The number of carbonyl (C=O) groups excluding carboxylic acids is 1. The van der Waals surface area contributed by atoms with Gasteiger partial charge >= 0.3 is 6.03 Å². The summed E-state index contributed by atoms with van der Waals surface area (Å²) in [5.74, 6) is 0. The Balaban J connectivity index is 1.48. The van der Waals surface area contributed by atoms with E-state index in [0.29, 0.717) is 18.1 Å². The highest BCUT2D eigenvalue weighted by Crippen LogP contribution is 2.20. The van der Waals surface area contributed by atoms with Gasteiger partial charge in [0.2, 0.25) is 0 Å². The molecule has 0 aliphatic carbocycles. The lowest BCUT2D eigenvalue weighted by Gasteiger charge is -2.19. The van der Waals surface area contributed by atoms with Crippen molar-refractivity contribution in [1.29, 1.82) is 0 Å². The number of carbonyl (C=O) groups is 1. The minimum absolute atomic E-state index is 0.0847. The molecule has 132 valence electrons. The smallest absolute Gasteiger partial charge is 0.317 e. The van der Waals surface area contributed by atoms with Gasteiger partial charge in [-0.05, 0) is 48.2 Å². The van der Waals surface area contributed by atoms with E-state index < -0.39 is 0 Å². The first-order valence-electron chi connectivity index (χ1n) is 8.69. The van der Waals surface area contributed by atoms with Crippen LogP contribution in [0.4, 0.5) is 10.5 Å². The van der Waals surface area contributed by atoms with Crippen LogP contribution in [0.5, 0.6) is 0 Å². The summed E-state index contributed by atoms with van der Waals surface area (Å²) in [4.78, 5) is 16.3. The van der Waals surface area contributed by atoms with Gasteiger partial charge in [-0.3, -0.25) is 0 Å². The Hall–Kier alpha value is -2.20. The number of urea groups is 1. The Morgan fingerprint density at radius 1 is 1.04 bits per heavy atom. The van der Waals surface area contributed by atoms with Gasteiger partial charge < -0.3 is 15.1 Å². The highest BCUT2D eigenvalue weighted by molar-refractivity contribution is 6.30. The Labute approximate surface area is 154 Å². The first kappa shape index (κ1) is 17.6. The summed E-state index contributed by atoms with van der Waals surface area (Å²) in [6.07, 6.45) is 2.55. The molecular formula is C20H24ClN3O. The molecule has 0 atom stereocenters. The lowest BCUT2D eigenvalue weighted by atomic mass is 10.2. The first-order valence-corrected chi connectivity index (χ1v) is 9.07. The van der Waals surface area contributed by atoms with Crippen LogP contribution in [-0.4, -0.2) is 31.1 Å². The zero-order chi connectivity index (χ0) is 17.6. The van der Waals surface area contributed by atoms with Crippen LogP contribution in [0.1, 0.15) is 24.0 Å². The van der Waals surface area contributed by atoms with Gasteiger partial charge in [-0.2, -0.15) is 0 Å². The van der Waals surface area contributed by atoms with E-state index in [1.807, 2.05) is 24.3 Å². The Bertz CT molecular complexity index is 694. The lowest BCUT2D eigenvalue weighted by Crippen LogP contribution is -2.36. The van der Waals surface area contributed by atoms with Gasteiger partial charge in [-0.15, -0.1) is 0 Å². The highest BCUT2D eigenvalue weighted by atomic mass is 35.5. The molecule has 3 rings (SSSR count). The standard InChI is InChI=1S/C20H24ClN3O/c1-23(15-17-4-8-18(21)9-5-17)20(25)22-14-16-6-10-19(11-7-16)24-12-2-3-13-24/h4-11H,2-3,12-15H2,1H3,(H,22,25). The average Bonchev–Trinajstić information content (AvgIpc) is 3.16. The molecule has 0 aromatic heterocycles. The van der Waals surface area contributed by atoms with Crippen LogP contribution in [0.3, 0.4) is 0 Å². The van der Waals surface area contributed by atoms with Crippen molar-refractivity contribution in [3.63, 3.8) is 0 Å². The molecule has 1 saturated heterocycles. The molecule has 2 aromatic rings. The summed E-state index contributed by atoms with van der Waals surface area (Å²) in [6.45, 7) is 3.37. The summed E-state index contributed by atoms with van der Waals surface area (Å²) < 4.78 is 0. The summed E-state index contributed by atoms with van der Waals surface area (Å²) in [7, 11) is 1.79. The minimum atomic E-state index is -0.0847. The molecule has 1 aliphatic rings. The predicted molar refractivity (Wildman–Crippen MR) is 103 cm³/mol. The molecule has 0 radical (unpaired) electrons. The molecule has 5 heteroatoms. The molecular weight excluding hydrogens is 334 g/mol. The van der Waals surface area contributed by atoms with Gasteiger partial charge in [0.1, 0.15) is 0 Å². The fourth-order valence-electron chi connectivity index (χ4n) is 3.05. The summed E-state index contributed by atoms with van der Waals surface area (Å²) in [5, 5.41) is 3.67. The molecule has 2 amide bonds. The molecule has 2 aromatic carbocycles. The molecule has 1 N–H and O–H groups in total. The zero-order valence-electron chi connectivity index (χ0n) is 14.5. The number of rotatable bonds is 5. The summed E-state index contributed by atoms with van der Waals surface area (Å²) >= 11 is 5.88. The predicted octanol–water partition coefficient (Wildman–Crippen LogP) is 4.28. The van der Waals surface area contributed by atoms with Crippen LogP contribution in [0.2, 0.25) is 5.02 Å². The monoisotopic (exact) mass is 357 g/mol. The van der Waals surface area contributed by atoms with E-state index in [1.54, 1.807) is 11.9 Å². The van der Waals surface area contributed by atoms with Crippen molar-refractivity contribution in [3.8, 4) is 0 Å². The van der Waals surface area contributed by atoms with Crippen molar-refractivity contribution in [3.05, 3.63) is 64.7 Å². The number of hydrogen-bond acceptors (Lipinski definition) is 2. The van der Waals surface area contributed by atoms with Crippen molar-refractivity contribution in [2.75, 3.05) is 25.0 Å². The molecule has 1 heterocycles. The number of nitrogens with zero attached hydrogens (tertiary/aromatic N) is 2. The number of nitrogens with one attached hydrogen (secondary N) is 1. The van der Waals surface area contributed by atoms with E-state index in [1.165, 1.54) is 18.5 Å². The van der Waals surface area contributed by atoms with Crippen LogP contribution in [0.25, 0.3) is 0 Å². The fraction of sp³-hybridized carbons (Fsp3) is 0.350. The molecule has 1 aliphatic heterocycles. The normalized spacial score (nSPS) is 13.8. The van der Waals surface area contributed by atoms with Gasteiger partial charge in [-0.1, -0.05) is 35.9 Å².